The van der Waals surface area contributed by atoms with E-state index in [2.05, 4.69) is 111 Å². The Hall–Kier alpha value is 1.94. The smallest absolute Gasteiger partial charge is 0.313 e. The van der Waals surface area contributed by atoms with Gasteiger partial charge in [-0.1, -0.05) is 0 Å². The van der Waals surface area contributed by atoms with Crippen molar-refractivity contribution in [2.75, 3.05) is 89.8 Å². The van der Waals surface area contributed by atoms with Gasteiger partial charge in [-0.3, -0.25) is 28.8 Å². The van der Waals surface area contributed by atoms with Crippen LogP contribution in [-0.2, 0) is 61.9 Å². The van der Waals surface area contributed by atoms with Crippen LogP contribution in [0.3, 0.4) is 0 Å². The van der Waals surface area contributed by atoms with Gasteiger partial charge in [-0.25, -0.2) is 0 Å². The van der Waals surface area contributed by atoms with Gasteiger partial charge in [0.2, 0.25) is 0 Å². The summed E-state index contributed by atoms with van der Waals surface area (Å²) in [6, 6.07) is 0. The highest BCUT2D eigenvalue weighted by molar-refractivity contribution is 7.25. The van der Waals surface area contributed by atoms with Crippen LogP contribution in [0.4, 0.5) is 0 Å². The highest BCUT2D eigenvalue weighted by atomic mass is 31.0. The van der Waals surface area contributed by atoms with Crippen LogP contribution in [-0.4, -0.2) is 160 Å². The minimum atomic E-state index is -1.43. The molecule has 0 saturated heterocycles. The average Bonchev–Trinajstić information content (AvgIpc) is 3.18. The molecule has 0 heterocycles. The largest absolute Gasteiger partial charge is 0.464 e. The van der Waals surface area contributed by atoms with Gasteiger partial charge in [0.05, 0.1) is 58.0 Å². The molecule has 0 aliphatic carbocycles. The van der Waals surface area contributed by atoms with Crippen LogP contribution >= 0.6 is 111 Å². The molecule has 13 nitrogen and oxygen atoms in total. The molecule has 0 amide bonds. The second-order valence-electron chi connectivity index (χ2n) is 12.2. The lowest BCUT2D eigenvalue weighted by Gasteiger charge is -2.36. The molecule has 0 bridgehead atoms. The topological polar surface area (TPSA) is 167 Å². The van der Waals surface area contributed by atoms with Crippen LogP contribution in [0.15, 0.2) is 0 Å². The lowest BCUT2D eigenvalue weighted by Crippen LogP contribution is -2.48. The van der Waals surface area contributed by atoms with Crippen molar-refractivity contribution in [2.24, 2.45) is 10.8 Å². The Morgan fingerprint density at radius 3 is 0.604 bits per heavy atom. The summed E-state index contributed by atoms with van der Waals surface area (Å²) in [4.78, 5) is 77.1. The van der Waals surface area contributed by atoms with E-state index in [-0.39, 0.29) is 52.9 Å². The molecule has 0 aliphatic heterocycles. The van der Waals surface area contributed by atoms with Gasteiger partial charge in [-0.15, -0.1) is 111 Å². The monoisotopic (exact) mass is 974 g/mol. The summed E-state index contributed by atoms with van der Waals surface area (Å²) in [5, 5.41) is 0. The van der Waals surface area contributed by atoms with Crippen molar-refractivity contribution in [3.8, 4) is 0 Å². The molecule has 0 N–H and O–H groups in total. The van der Waals surface area contributed by atoms with Gasteiger partial charge in [0.15, 0.2) is 0 Å². The average molecular weight is 974 g/mol. The first kappa shape index (κ1) is 54.9. The van der Waals surface area contributed by atoms with E-state index in [1.54, 1.807) is 0 Å². The third-order valence-corrected chi connectivity index (χ3v) is 16.9. The van der Waals surface area contributed by atoms with Gasteiger partial charge in [0, 0.05) is 0 Å². The van der Waals surface area contributed by atoms with Crippen molar-refractivity contribution in [1.29, 1.82) is 0 Å². The van der Waals surface area contributed by atoms with Gasteiger partial charge in [0.25, 0.3) is 0 Å². The second kappa shape index (κ2) is 30.0. The number of esters is 6. The predicted octanol–water partition coefficient (Wildman–Crippen LogP) is 0.948. The second-order valence-corrected chi connectivity index (χ2v) is 19.8. The first-order valence-corrected chi connectivity index (χ1v) is 25.1. The first-order valence-electron chi connectivity index (χ1n) is 16.2. The van der Waals surface area contributed by atoms with Crippen molar-refractivity contribution in [3.63, 3.8) is 0 Å². The van der Waals surface area contributed by atoms with Crippen LogP contribution in [0.5, 0.6) is 0 Å². The van der Waals surface area contributed by atoms with Crippen LogP contribution < -0.4 is 0 Å². The summed E-state index contributed by atoms with van der Waals surface area (Å²) >= 11 is 0. The van der Waals surface area contributed by atoms with Crippen molar-refractivity contribution in [1.82, 2.24) is 0 Å². The van der Waals surface area contributed by atoms with E-state index >= 15 is 0 Å². The van der Waals surface area contributed by atoms with Crippen LogP contribution in [0.25, 0.3) is 0 Å². The molecule has 0 saturated carbocycles. The fourth-order valence-electron chi connectivity index (χ4n) is 3.55. The number of carbonyl (C=O) groups excluding carboxylic acids is 6. The van der Waals surface area contributed by atoms with Gasteiger partial charge in [-0.2, -0.15) is 0 Å². The molecule has 0 aromatic heterocycles. The molecule has 0 rings (SSSR count). The molecule has 25 heteroatoms. The molecule has 0 spiro atoms. The first-order chi connectivity index (χ1) is 24.9. The zero-order valence-electron chi connectivity index (χ0n) is 29.6. The SMILES string of the molecule is O=C(OCC(COCC(COC(=O)C(P)CP)(COC(=O)C(P)CP)COC(=O)C(P)CP)(COC(=O)C(P)CP)COC(=O)C(P)CP)C(P)CP. The third-order valence-electron chi connectivity index (χ3n) is 7.28. The molecular weight excluding hydrogens is 916 g/mol. The Labute approximate surface area is 341 Å². The van der Waals surface area contributed by atoms with E-state index in [4.69, 9.17) is 33.2 Å². The number of ether oxygens (including phenoxy) is 7. The maximum absolute atomic E-state index is 12.8. The van der Waals surface area contributed by atoms with Gasteiger partial charge in [-0.05, 0) is 37.0 Å². The van der Waals surface area contributed by atoms with Gasteiger partial charge >= 0.3 is 35.8 Å². The Morgan fingerprint density at radius 1 is 0.321 bits per heavy atom. The molecule has 0 aromatic carbocycles. The predicted molar refractivity (Wildman–Crippen MR) is 250 cm³/mol. The standard InChI is InChI=1S/C28H58O13P12/c29-21(15(48)1-42)36-9-27(10-37-22(30)16(49)2-43,11-38-23(31)17(50)3-44)7-35-8-28(12-39-24(32)18(51)4-45,13-40-25(33)19(52)5-46)14-41-26(34)20(53)6-47/h15-20H,1-14,42-53H2. The fraction of sp³-hybridized carbons (Fsp3) is 0.786. The maximum Gasteiger partial charge on any atom is 0.313 e. The molecule has 18 unspecified atom stereocenters. The fourth-order valence-corrected chi connectivity index (χ4v) is 5.28. The molecule has 0 radical (unpaired) electrons. The Balaban J connectivity index is 6.95. The molecular formula is C28H58O13P12. The van der Waals surface area contributed by atoms with Gasteiger partial charge < -0.3 is 33.2 Å². The van der Waals surface area contributed by atoms with Crippen molar-refractivity contribution < 1.29 is 61.9 Å². The summed E-state index contributed by atoms with van der Waals surface area (Å²) in [7, 11) is 29.0. The summed E-state index contributed by atoms with van der Waals surface area (Å²) in [5.74, 6) is -3.43. The number of hydrogen-bond acceptors (Lipinski definition) is 13. The molecule has 0 fully saturated rings. The van der Waals surface area contributed by atoms with E-state index < -0.39 is 80.6 Å². The van der Waals surface area contributed by atoms with Crippen molar-refractivity contribution in [2.45, 2.75) is 34.0 Å². The highest BCUT2D eigenvalue weighted by Gasteiger charge is 2.42. The van der Waals surface area contributed by atoms with Crippen molar-refractivity contribution in [3.05, 3.63) is 0 Å². The van der Waals surface area contributed by atoms with Crippen LogP contribution in [0.2, 0.25) is 0 Å². The highest BCUT2D eigenvalue weighted by Crippen LogP contribution is 2.28. The Morgan fingerprint density at radius 2 is 0.472 bits per heavy atom. The molecule has 308 valence electrons. The Bertz CT molecular complexity index is 956. The minimum Gasteiger partial charge on any atom is -0.464 e. The molecule has 53 heavy (non-hydrogen) atoms. The number of hydrogen-bond donors (Lipinski definition) is 0. The van der Waals surface area contributed by atoms with Gasteiger partial charge in [0.1, 0.15) is 39.6 Å². The zero-order chi connectivity index (χ0) is 40.8. The minimum absolute atomic E-state index is 0.334. The Kier molecular flexibility index (Phi) is 31.1. The molecule has 18 atom stereocenters. The summed E-state index contributed by atoms with van der Waals surface area (Å²) in [6.07, 6.45) is 2.32. The third kappa shape index (κ3) is 21.7. The number of rotatable bonds is 28. The molecule has 0 aromatic rings. The summed E-state index contributed by atoms with van der Waals surface area (Å²) in [5.41, 5.74) is -6.26. The number of carbonyl (C=O) groups is 6. The quantitative estimate of drug-likeness (QED) is 0.0619. The van der Waals surface area contributed by atoms with E-state index in [9.17, 15) is 28.8 Å². The van der Waals surface area contributed by atoms with E-state index in [0.717, 1.165) is 0 Å². The van der Waals surface area contributed by atoms with Crippen LogP contribution in [0, 0.1) is 10.8 Å². The summed E-state index contributed by atoms with van der Waals surface area (Å²) in [6.45, 7) is -2.96. The molecule has 0 aliphatic rings. The van der Waals surface area contributed by atoms with Crippen molar-refractivity contribution >= 4 is 147 Å². The van der Waals surface area contributed by atoms with E-state index in [0.29, 0.717) is 37.0 Å². The summed E-state index contributed by atoms with van der Waals surface area (Å²) < 4.78 is 40.2. The van der Waals surface area contributed by atoms with Crippen LogP contribution in [0.1, 0.15) is 0 Å². The van der Waals surface area contributed by atoms with E-state index in [1.165, 1.54) is 0 Å². The maximum atomic E-state index is 12.8. The van der Waals surface area contributed by atoms with E-state index in [1.807, 2.05) is 0 Å². The lowest BCUT2D eigenvalue weighted by atomic mass is 9.90. The lowest BCUT2D eigenvalue weighted by molar-refractivity contribution is -0.174. The zero-order valence-corrected chi connectivity index (χ0v) is 43.5. The normalized spacial score (nSPS) is 17.0.